The number of ether oxygens (including phenoxy) is 1. The maximum Gasteiger partial charge on any atom is 0.322 e. The molecule has 0 aliphatic rings. The van der Waals surface area contributed by atoms with Gasteiger partial charge in [0.05, 0.1) is 12.7 Å². The first-order valence-corrected chi connectivity index (χ1v) is 9.01. The van der Waals surface area contributed by atoms with E-state index in [4.69, 9.17) is 13.6 Å². The molecule has 0 spiro atoms. The van der Waals surface area contributed by atoms with E-state index < -0.39 is 0 Å². The molecule has 2 heterocycles. The number of furan rings is 1. The zero-order chi connectivity index (χ0) is 18.5. The molecule has 1 aromatic carbocycles. The number of benzene rings is 1. The second-order valence-electron chi connectivity index (χ2n) is 5.56. The Morgan fingerprint density at radius 3 is 2.62 bits per heavy atom. The first-order chi connectivity index (χ1) is 12.5. The van der Waals surface area contributed by atoms with Crippen molar-refractivity contribution < 1.29 is 18.4 Å². The molecule has 0 aliphatic carbocycles. The molecule has 0 bridgehead atoms. The summed E-state index contributed by atoms with van der Waals surface area (Å²) in [6.07, 6.45) is 0.332. The summed E-state index contributed by atoms with van der Waals surface area (Å²) in [6.45, 7) is 3.66. The molecule has 0 radical (unpaired) electrons. The fourth-order valence-corrected chi connectivity index (χ4v) is 3.19. The summed E-state index contributed by atoms with van der Waals surface area (Å²) in [5, 5.41) is 10.4. The fraction of sp³-hybridized carbons (Fsp3) is 0.278. The lowest BCUT2D eigenvalue weighted by Crippen LogP contribution is -2.12. The van der Waals surface area contributed by atoms with Gasteiger partial charge in [-0.1, -0.05) is 5.10 Å². The number of rotatable bonds is 7. The third-order valence-corrected chi connectivity index (χ3v) is 4.61. The maximum atomic E-state index is 12.0. The summed E-state index contributed by atoms with van der Waals surface area (Å²) in [4.78, 5) is 13.1. The van der Waals surface area contributed by atoms with E-state index in [1.54, 1.807) is 18.9 Å². The van der Waals surface area contributed by atoms with Crippen molar-refractivity contribution in [3.8, 4) is 17.2 Å². The zero-order valence-corrected chi connectivity index (χ0v) is 15.6. The Morgan fingerprint density at radius 2 is 1.96 bits per heavy atom. The number of methoxy groups -OCH3 is 1. The molecule has 26 heavy (non-hydrogen) atoms. The highest BCUT2D eigenvalue weighted by atomic mass is 32.2. The number of nitrogens with zero attached hydrogens (tertiary/aromatic N) is 2. The number of aromatic nitrogens is 2. The summed E-state index contributed by atoms with van der Waals surface area (Å²) >= 11 is 1.59. The summed E-state index contributed by atoms with van der Waals surface area (Å²) < 4.78 is 16.1. The first kappa shape index (κ1) is 18.1. The number of anilines is 1. The summed E-state index contributed by atoms with van der Waals surface area (Å²) in [7, 11) is 1.63. The second kappa shape index (κ2) is 8.09. The Bertz CT molecular complexity index is 886. The van der Waals surface area contributed by atoms with E-state index in [9.17, 15) is 4.79 Å². The highest BCUT2D eigenvalue weighted by molar-refractivity contribution is 7.99. The van der Waals surface area contributed by atoms with Gasteiger partial charge in [0.1, 0.15) is 17.3 Å². The van der Waals surface area contributed by atoms with Crippen LogP contribution in [0.2, 0.25) is 0 Å². The van der Waals surface area contributed by atoms with Gasteiger partial charge in [0.2, 0.25) is 5.91 Å². The minimum atomic E-state index is -0.179. The molecule has 0 saturated heterocycles. The van der Waals surface area contributed by atoms with Crippen molar-refractivity contribution in [2.45, 2.75) is 25.2 Å². The average Bonchev–Trinajstić information content (AvgIpc) is 3.21. The molecule has 0 aliphatic heterocycles. The van der Waals surface area contributed by atoms with Crippen LogP contribution in [0, 0.1) is 13.8 Å². The van der Waals surface area contributed by atoms with E-state index in [1.807, 2.05) is 44.2 Å². The number of hydrogen-bond acceptors (Lipinski definition) is 7. The van der Waals surface area contributed by atoms with Crippen LogP contribution in [-0.4, -0.2) is 29.0 Å². The molecular weight excluding hydrogens is 354 g/mol. The monoisotopic (exact) mass is 373 g/mol. The van der Waals surface area contributed by atoms with Crippen molar-refractivity contribution in [2.75, 3.05) is 18.2 Å². The number of thioether (sulfide) groups is 1. The zero-order valence-electron chi connectivity index (χ0n) is 14.7. The molecule has 136 valence electrons. The lowest BCUT2D eigenvalue weighted by molar-refractivity contribution is -0.115. The molecule has 0 fully saturated rings. The molecule has 3 rings (SSSR count). The largest absolute Gasteiger partial charge is 0.497 e. The molecule has 8 heteroatoms. The van der Waals surface area contributed by atoms with Gasteiger partial charge >= 0.3 is 6.01 Å². The summed E-state index contributed by atoms with van der Waals surface area (Å²) in [6, 6.07) is 9.60. The molecule has 1 amide bonds. The van der Waals surface area contributed by atoms with Gasteiger partial charge in [0.15, 0.2) is 0 Å². The van der Waals surface area contributed by atoms with E-state index in [1.165, 1.54) is 0 Å². The third kappa shape index (κ3) is 4.45. The van der Waals surface area contributed by atoms with Gasteiger partial charge in [-0.3, -0.25) is 10.1 Å². The number of carbonyl (C=O) groups excluding carboxylic acids is 1. The minimum absolute atomic E-state index is 0.0812. The van der Waals surface area contributed by atoms with Gasteiger partial charge in [-0.05, 0) is 44.2 Å². The van der Waals surface area contributed by atoms with Gasteiger partial charge in [-0.25, -0.2) is 0 Å². The quantitative estimate of drug-likeness (QED) is 0.624. The normalized spacial score (nSPS) is 10.7. The summed E-state index contributed by atoms with van der Waals surface area (Å²) in [5.74, 6) is 3.04. The Balaban J connectivity index is 1.49. The Kier molecular flexibility index (Phi) is 5.62. The Morgan fingerprint density at radius 1 is 1.19 bits per heavy atom. The predicted molar refractivity (Wildman–Crippen MR) is 98.4 cm³/mol. The molecule has 2 aromatic heterocycles. The average molecular weight is 373 g/mol. The molecular formula is C18H19N3O4S. The van der Waals surface area contributed by atoms with Crippen molar-refractivity contribution in [3.05, 3.63) is 41.9 Å². The van der Waals surface area contributed by atoms with Crippen molar-refractivity contribution >= 4 is 23.7 Å². The van der Waals surface area contributed by atoms with Gasteiger partial charge in [0.25, 0.3) is 5.89 Å². The standard InChI is InChI=1S/C18H19N3O4S/c1-11-10-15(12(2)24-11)17-20-21-18(25-17)19-16(22)8-9-26-14-6-4-13(23-3)5-7-14/h4-7,10H,8-9H2,1-3H3,(H,19,21,22). The van der Waals surface area contributed by atoms with Crippen LogP contribution in [-0.2, 0) is 4.79 Å². The Hall–Kier alpha value is -2.74. The molecule has 0 unspecified atom stereocenters. The third-order valence-electron chi connectivity index (χ3n) is 3.60. The maximum absolute atomic E-state index is 12.0. The molecule has 3 aromatic rings. The van der Waals surface area contributed by atoms with Crippen LogP contribution in [0.25, 0.3) is 11.5 Å². The lowest BCUT2D eigenvalue weighted by Gasteiger charge is -2.03. The topological polar surface area (TPSA) is 90.4 Å². The lowest BCUT2D eigenvalue weighted by atomic mass is 10.2. The van der Waals surface area contributed by atoms with Gasteiger partial charge in [0, 0.05) is 17.1 Å². The van der Waals surface area contributed by atoms with Crippen LogP contribution in [0.1, 0.15) is 17.9 Å². The number of carbonyl (C=O) groups is 1. The van der Waals surface area contributed by atoms with Crippen molar-refractivity contribution in [1.29, 1.82) is 0 Å². The minimum Gasteiger partial charge on any atom is -0.497 e. The van der Waals surface area contributed by atoms with E-state index in [0.29, 0.717) is 23.8 Å². The van der Waals surface area contributed by atoms with Crippen LogP contribution in [0.4, 0.5) is 6.01 Å². The SMILES string of the molecule is COc1ccc(SCCC(=O)Nc2nnc(-c3cc(C)oc3C)o2)cc1. The van der Waals surface area contributed by atoms with Gasteiger partial charge in [-0.2, -0.15) is 0 Å². The van der Waals surface area contributed by atoms with Crippen LogP contribution < -0.4 is 10.1 Å². The predicted octanol–water partition coefficient (Wildman–Crippen LogP) is 4.08. The van der Waals surface area contributed by atoms with Gasteiger partial charge < -0.3 is 13.6 Å². The van der Waals surface area contributed by atoms with Crippen LogP contribution in [0.3, 0.4) is 0 Å². The number of hydrogen-bond donors (Lipinski definition) is 1. The van der Waals surface area contributed by atoms with Crippen LogP contribution >= 0.6 is 11.8 Å². The van der Waals surface area contributed by atoms with Gasteiger partial charge in [-0.15, -0.1) is 16.9 Å². The van der Waals surface area contributed by atoms with Crippen LogP contribution in [0.15, 0.2) is 44.1 Å². The first-order valence-electron chi connectivity index (χ1n) is 8.03. The number of amides is 1. The van der Waals surface area contributed by atoms with Crippen molar-refractivity contribution in [1.82, 2.24) is 10.2 Å². The van der Waals surface area contributed by atoms with E-state index in [2.05, 4.69) is 15.5 Å². The van der Waals surface area contributed by atoms with Crippen LogP contribution in [0.5, 0.6) is 5.75 Å². The fourth-order valence-electron chi connectivity index (χ4n) is 2.34. The molecule has 0 saturated carbocycles. The van der Waals surface area contributed by atoms with E-state index >= 15 is 0 Å². The van der Waals surface area contributed by atoms with E-state index in [-0.39, 0.29) is 11.9 Å². The molecule has 7 nitrogen and oxygen atoms in total. The highest BCUT2D eigenvalue weighted by Gasteiger charge is 2.15. The summed E-state index contributed by atoms with van der Waals surface area (Å²) in [5.41, 5.74) is 0.727. The highest BCUT2D eigenvalue weighted by Crippen LogP contribution is 2.26. The number of aryl methyl sites for hydroxylation is 2. The van der Waals surface area contributed by atoms with Crippen molar-refractivity contribution in [3.63, 3.8) is 0 Å². The molecule has 0 atom stereocenters. The second-order valence-corrected chi connectivity index (χ2v) is 6.73. The Labute approximate surface area is 155 Å². The van der Waals surface area contributed by atoms with E-state index in [0.717, 1.165) is 22.0 Å². The number of nitrogens with one attached hydrogen (secondary N) is 1. The van der Waals surface area contributed by atoms with Crippen molar-refractivity contribution in [2.24, 2.45) is 0 Å². The molecule has 1 N–H and O–H groups in total. The smallest absolute Gasteiger partial charge is 0.322 e.